The first-order valence-corrected chi connectivity index (χ1v) is 10.8. The number of nitrogens with zero attached hydrogens (tertiary/aromatic N) is 2. The second-order valence-corrected chi connectivity index (χ2v) is 7.25. The summed E-state index contributed by atoms with van der Waals surface area (Å²) in [5.74, 6) is 0.816. The predicted octanol–water partition coefficient (Wildman–Crippen LogP) is 1.69. The van der Waals surface area contributed by atoms with Gasteiger partial charge in [-0.05, 0) is 38.2 Å². The van der Waals surface area contributed by atoms with Crippen LogP contribution in [0.25, 0.3) is 0 Å². The Balaban J connectivity index is 1.65. The summed E-state index contributed by atoms with van der Waals surface area (Å²) in [7, 11) is 0. The number of guanidine groups is 1. The van der Waals surface area contributed by atoms with Crippen LogP contribution >= 0.6 is 0 Å². The van der Waals surface area contributed by atoms with Crippen molar-refractivity contribution < 1.29 is 9.59 Å². The van der Waals surface area contributed by atoms with E-state index in [2.05, 4.69) is 33.1 Å². The van der Waals surface area contributed by atoms with E-state index in [9.17, 15) is 9.59 Å². The van der Waals surface area contributed by atoms with Crippen molar-refractivity contribution in [2.24, 2.45) is 4.99 Å². The van der Waals surface area contributed by atoms with Crippen LogP contribution in [0.5, 0.6) is 0 Å². The molecule has 2 amide bonds. The molecule has 160 valence electrons. The van der Waals surface area contributed by atoms with Crippen molar-refractivity contribution in [1.29, 1.82) is 0 Å². The topological polar surface area (TPSA) is 85.8 Å². The second kappa shape index (κ2) is 13.6. The molecule has 0 bridgehead atoms. The zero-order valence-corrected chi connectivity index (χ0v) is 17.6. The number of aliphatic imine (C=N–C) groups is 1. The van der Waals surface area contributed by atoms with Gasteiger partial charge in [-0.1, -0.05) is 36.8 Å². The number of hydrogen-bond acceptors (Lipinski definition) is 3. The summed E-state index contributed by atoms with van der Waals surface area (Å²) in [4.78, 5) is 30.4. The predicted molar refractivity (Wildman–Crippen MR) is 117 cm³/mol. The minimum Gasteiger partial charge on any atom is -0.357 e. The molecule has 1 aromatic rings. The highest BCUT2D eigenvalue weighted by molar-refractivity contribution is 5.84. The summed E-state index contributed by atoms with van der Waals surface area (Å²) in [6, 6.07) is 10.1. The molecular formula is C22H35N5O2. The van der Waals surface area contributed by atoms with E-state index in [0.717, 1.165) is 51.7 Å². The third-order valence-corrected chi connectivity index (χ3v) is 4.87. The lowest BCUT2D eigenvalue weighted by atomic mass is 10.1. The van der Waals surface area contributed by atoms with Gasteiger partial charge in [0, 0.05) is 39.1 Å². The molecule has 3 N–H and O–H groups in total. The Kier molecular flexibility index (Phi) is 10.6. The standard InChI is InChI=1S/C22H35N5O2/c1-2-23-22(25-14-9-17-27-16-8-4-7-12-21(27)29)26-18-20(28)24-15-13-19-10-5-3-6-11-19/h3,5-6,10-11H,2,4,7-9,12-18H2,1H3,(H,24,28)(H2,23,25,26). The van der Waals surface area contributed by atoms with E-state index in [0.29, 0.717) is 25.5 Å². The van der Waals surface area contributed by atoms with Gasteiger partial charge in [-0.3, -0.25) is 9.59 Å². The van der Waals surface area contributed by atoms with Gasteiger partial charge < -0.3 is 20.9 Å². The van der Waals surface area contributed by atoms with Crippen molar-refractivity contribution in [2.75, 3.05) is 39.3 Å². The summed E-state index contributed by atoms with van der Waals surface area (Å²) in [5, 5.41) is 9.31. The smallest absolute Gasteiger partial charge is 0.241 e. The molecule has 1 heterocycles. The maximum atomic E-state index is 12.0. The zero-order chi connectivity index (χ0) is 20.7. The third-order valence-electron chi connectivity index (χ3n) is 4.87. The summed E-state index contributed by atoms with van der Waals surface area (Å²) >= 11 is 0. The molecule has 7 heteroatoms. The van der Waals surface area contributed by atoms with E-state index < -0.39 is 0 Å². The molecule has 1 fully saturated rings. The summed E-state index contributed by atoms with van der Waals surface area (Å²) in [5.41, 5.74) is 1.20. The highest BCUT2D eigenvalue weighted by atomic mass is 16.2. The molecule has 1 saturated heterocycles. The molecule has 0 atom stereocenters. The molecule has 2 rings (SSSR count). The first-order chi connectivity index (χ1) is 14.2. The minimum atomic E-state index is -0.0895. The summed E-state index contributed by atoms with van der Waals surface area (Å²) in [6.45, 7) is 5.77. The fourth-order valence-electron chi connectivity index (χ4n) is 3.29. The van der Waals surface area contributed by atoms with Crippen molar-refractivity contribution >= 4 is 17.8 Å². The van der Waals surface area contributed by atoms with Crippen molar-refractivity contribution in [3.8, 4) is 0 Å². The van der Waals surface area contributed by atoms with Crippen molar-refractivity contribution in [2.45, 2.75) is 45.4 Å². The molecule has 0 spiro atoms. The molecule has 0 unspecified atom stereocenters. The number of rotatable bonds is 10. The first kappa shape index (κ1) is 22.7. The molecule has 7 nitrogen and oxygen atoms in total. The van der Waals surface area contributed by atoms with Crippen molar-refractivity contribution in [1.82, 2.24) is 20.9 Å². The van der Waals surface area contributed by atoms with Crippen LogP contribution < -0.4 is 16.0 Å². The van der Waals surface area contributed by atoms with Crippen LogP contribution in [0.1, 0.15) is 44.6 Å². The Labute approximate surface area is 174 Å². The lowest BCUT2D eigenvalue weighted by molar-refractivity contribution is -0.130. The van der Waals surface area contributed by atoms with Gasteiger partial charge in [0.05, 0.1) is 0 Å². The van der Waals surface area contributed by atoms with Gasteiger partial charge in [0.15, 0.2) is 5.96 Å². The van der Waals surface area contributed by atoms with Crippen LogP contribution in [0, 0.1) is 0 Å². The average molecular weight is 402 g/mol. The normalized spacial score (nSPS) is 15.0. The minimum absolute atomic E-state index is 0.0895. The molecule has 0 radical (unpaired) electrons. The van der Waals surface area contributed by atoms with E-state index >= 15 is 0 Å². The number of carbonyl (C=O) groups is 2. The largest absolute Gasteiger partial charge is 0.357 e. The zero-order valence-electron chi connectivity index (χ0n) is 17.6. The van der Waals surface area contributed by atoms with Crippen molar-refractivity contribution in [3.05, 3.63) is 35.9 Å². The molecular weight excluding hydrogens is 366 g/mol. The Bertz CT molecular complexity index is 648. The quantitative estimate of drug-likeness (QED) is 0.316. The van der Waals surface area contributed by atoms with Crippen LogP contribution in [-0.2, 0) is 16.0 Å². The Morgan fingerprint density at radius 2 is 1.90 bits per heavy atom. The maximum Gasteiger partial charge on any atom is 0.241 e. The van der Waals surface area contributed by atoms with Crippen LogP contribution in [0.2, 0.25) is 0 Å². The maximum absolute atomic E-state index is 12.0. The molecule has 0 aromatic heterocycles. The molecule has 1 aliphatic rings. The summed E-state index contributed by atoms with van der Waals surface area (Å²) in [6.07, 6.45) is 5.60. The Morgan fingerprint density at radius 3 is 2.69 bits per heavy atom. The van der Waals surface area contributed by atoms with E-state index in [1.807, 2.05) is 30.0 Å². The summed E-state index contributed by atoms with van der Waals surface area (Å²) < 4.78 is 0. The fourth-order valence-corrected chi connectivity index (χ4v) is 3.29. The average Bonchev–Trinajstić information content (AvgIpc) is 2.94. The van der Waals surface area contributed by atoms with E-state index in [-0.39, 0.29) is 18.4 Å². The fraction of sp³-hybridized carbons (Fsp3) is 0.591. The molecule has 0 aliphatic carbocycles. The number of likely N-dealkylation sites (tertiary alicyclic amines) is 1. The second-order valence-electron chi connectivity index (χ2n) is 7.25. The SMILES string of the molecule is CCNC(=NCC(=O)NCCc1ccccc1)NCCCN1CCCCCC1=O. The monoisotopic (exact) mass is 401 g/mol. The Hall–Kier alpha value is -2.57. The highest BCUT2D eigenvalue weighted by Crippen LogP contribution is 2.11. The van der Waals surface area contributed by atoms with Crippen LogP contribution in [-0.4, -0.2) is 61.9 Å². The van der Waals surface area contributed by atoms with Gasteiger partial charge in [-0.25, -0.2) is 4.99 Å². The van der Waals surface area contributed by atoms with Gasteiger partial charge in [-0.15, -0.1) is 0 Å². The molecule has 1 aliphatic heterocycles. The molecule has 0 saturated carbocycles. The van der Waals surface area contributed by atoms with Crippen molar-refractivity contribution in [3.63, 3.8) is 0 Å². The van der Waals surface area contributed by atoms with E-state index in [1.54, 1.807) is 0 Å². The van der Waals surface area contributed by atoms with Gasteiger partial charge >= 0.3 is 0 Å². The van der Waals surface area contributed by atoms with Crippen LogP contribution in [0.15, 0.2) is 35.3 Å². The number of nitrogens with one attached hydrogen (secondary N) is 3. The lowest BCUT2D eigenvalue weighted by Gasteiger charge is -2.20. The Morgan fingerprint density at radius 1 is 1.07 bits per heavy atom. The first-order valence-electron chi connectivity index (χ1n) is 10.8. The van der Waals surface area contributed by atoms with E-state index in [4.69, 9.17) is 0 Å². The lowest BCUT2D eigenvalue weighted by Crippen LogP contribution is -2.40. The van der Waals surface area contributed by atoms with Gasteiger partial charge in [0.25, 0.3) is 0 Å². The van der Waals surface area contributed by atoms with Crippen LogP contribution in [0.4, 0.5) is 0 Å². The number of amides is 2. The van der Waals surface area contributed by atoms with Gasteiger partial charge in [0.1, 0.15) is 6.54 Å². The molecule has 29 heavy (non-hydrogen) atoms. The molecule has 1 aromatic carbocycles. The van der Waals surface area contributed by atoms with Crippen LogP contribution in [0.3, 0.4) is 0 Å². The van der Waals surface area contributed by atoms with E-state index in [1.165, 1.54) is 5.56 Å². The third kappa shape index (κ3) is 9.45. The number of hydrogen-bond donors (Lipinski definition) is 3. The highest BCUT2D eigenvalue weighted by Gasteiger charge is 2.15. The van der Waals surface area contributed by atoms with Gasteiger partial charge in [-0.2, -0.15) is 0 Å². The number of benzene rings is 1. The van der Waals surface area contributed by atoms with Gasteiger partial charge in [0.2, 0.25) is 11.8 Å². The number of carbonyl (C=O) groups excluding carboxylic acids is 2.